The average Bonchev–Trinajstić information content (AvgIpc) is 2.08. The van der Waals surface area contributed by atoms with E-state index in [4.69, 9.17) is 0 Å². The SMILES string of the molecule is Cc1cccc(C(O)C=O)c1C. The molecule has 2 heteroatoms. The van der Waals surface area contributed by atoms with Crippen LogP contribution in [-0.2, 0) is 4.79 Å². The van der Waals surface area contributed by atoms with Gasteiger partial charge in [-0.3, -0.25) is 0 Å². The Balaban J connectivity index is 3.15. The van der Waals surface area contributed by atoms with Gasteiger partial charge in [-0.05, 0) is 30.5 Å². The summed E-state index contributed by atoms with van der Waals surface area (Å²) in [7, 11) is 0. The van der Waals surface area contributed by atoms with Crippen LogP contribution in [0.2, 0.25) is 0 Å². The highest BCUT2D eigenvalue weighted by Gasteiger charge is 2.08. The van der Waals surface area contributed by atoms with Crippen LogP contribution >= 0.6 is 0 Å². The Hall–Kier alpha value is -1.15. The van der Waals surface area contributed by atoms with Crippen LogP contribution in [0.5, 0.6) is 0 Å². The molecule has 1 aromatic rings. The first-order valence-corrected chi connectivity index (χ1v) is 3.86. The second-order valence-electron chi connectivity index (χ2n) is 2.87. The van der Waals surface area contributed by atoms with Crippen LogP contribution in [0.15, 0.2) is 18.2 Å². The minimum Gasteiger partial charge on any atom is -0.381 e. The number of hydrogen-bond acceptors (Lipinski definition) is 2. The zero-order chi connectivity index (χ0) is 9.14. The normalized spacial score (nSPS) is 12.6. The third kappa shape index (κ3) is 1.53. The Kier molecular flexibility index (Phi) is 2.61. The minimum absolute atomic E-state index is 0.543. The average molecular weight is 164 g/mol. The number of benzene rings is 1. The van der Waals surface area contributed by atoms with Gasteiger partial charge < -0.3 is 9.90 Å². The fourth-order valence-corrected chi connectivity index (χ4v) is 1.17. The van der Waals surface area contributed by atoms with E-state index in [9.17, 15) is 9.90 Å². The van der Waals surface area contributed by atoms with E-state index in [-0.39, 0.29) is 0 Å². The van der Waals surface area contributed by atoms with Crippen LogP contribution in [0.4, 0.5) is 0 Å². The predicted octanol–water partition coefficient (Wildman–Crippen LogP) is 1.54. The van der Waals surface area contributed by atoms with E-state index in [1.165, 1.54) is 0 Å². The van der Waals surface area contributed by atoms with Crippen molar-refractivity contribution in [3.05, 3.63) is 34.9 Å². The summed E-state index contributed by atoms with van der Waals surface area (Å²) in [6, 6.07) is 5.56. The molecule has 1 unspecified atom stereocenters. The van der Waals surface area contributed by atoms with Crippen molar-refractivity contribution in [1.29, 1.82) is 0 Å². The lowest BCUT2D eigenvalue weighted by molar-refractivity contribution is -0.115. The van der Waals surface area contributed by atoms with E-state index in [1.54, 1.807) is 6.07 Å². The van der Waals surface area contributed by atoms with E-state index in [2.05, 4.69) is 0 Å². The zero-order valence-corrected chi connectivity index (χ0v) is 7.24. The molecule has 0 heterocycles. The molecule has 0 fully saturated rings. The summed E-state index contributed by atoms with van der Waals surface area (Å²) in [4.78, 5) is 10.3. The molecule has 0 spiro atoms. The molecule has 1 N–H and O–H groups in total. The van der Waals surface area contributed by atoms with Crippen molar-refractivity contribution in [3.8, 4) is 0 Å². The molecule has 0 aromatic heterocycles. The summed E-state index contributed by atoms with van der Waals surface area (Å²) in [6.45, 7) is 3.85. The number of carbonyl (C=O) groups excluding carboxylic acids is 1. The summed E-state index contributed by atoms with van der Waals surface area (Å²) in [6.07, 6.45) is -0.438. The van der Waals surface area contributed by atoms with Gasteiger partial charge in [-0.15, -0.1) is 0 Å². The lowest BCUT2D eigenvalue weighted by Gasteiger charge is -2.09. The Morgan fingerprint density at radius 1 is 1.42 bits per heavy atom. The van der Waals surface area contributed by atoms with Gasteiger partial charge in [0.25, 0.3) is 0 Å². The maximum atomic E-state index is 10.3. The maximum Gasteiger partial charge on any atom is 0.153 e. The van der Waals surface area contributed by atoms with E-state index in [0.29, 0.717) is 11.8 Å². The quantitative estimate of drug-likeness (QED) is 0.673. The van der Waals surface area contributed by atoms with Crippen LogP contribution in [0.3, 0.4) is 0 Å². The van der Waals surface area contributed by atoms with Gasteiger partial charge in [0.2, 0.25) is 0 Å². The summed E-state index contributed by atoms with van der Waals surface area (Å²) < 4.78 is 0. The van der Waals surface area contributed by atoms with Crippen molar-refractivity contribution in [2.45, 2.75) is 20.0 Å². The molecule has 0 aliphatic rings. The molecule has 1 atom stereocenters. The first-order chi connectivity index (χ1) is 5.66. The molecule has 0 saturated heterocycles. The van der Waals surface area contributed by atoms with E-state index in [0.717, 1.165) is 11.1 Å². The Morgan fingerprint density at radius 2 is 2.08 bits per heavy atom. The monoisotopic (exact) mass is 164 g/mol. The van der Waals surface area contributed by atoms with E-state index < -0.39 is 6.10 Å². The smallest absolute Gasteiger partial charge is 0.153 e. The lowest BCUT2D eigenvalue weighted by atomic mass is 10.00. The van der Waals surface area contributed by atoms with Crippen molar-refractivity contribution in [3.63, 3.8) is 0 Å². The summed E-state index contributed by atoms with van der Waals surface area (Å²) in [5.41, 5.74) is 2.77. The van der Waals surface area contributed by atoms with Crippen LogP contribution in [-0.4, -0.2) is 11.4 Å². The first kappa shape index (κ1) is 8.94. The third-order valence-corrected chi connectivity index (χ3v) is 2.09. The maximum absolute atomic E-state index is 10.3. The van der Waals surface area contributed by atoms with Crippen molar-refractivity contribution in [2.75, 3.05) is 0 Å². The van der Waals surface area contributed by atoms with Gasteiger partial charge >= 0.3 is 0 Å². The Morgan fingerprint density at radius 3 is 2.67 bits per heavy atom. The van der Waals surface area contributed by atoms with Crippen molar-refractivity contribution < 1.29 is 9.90 Å². The second kappa shape index (κ2) is 3.50. The molecule has 64 valence electrons. The van der Waals surface area contributed by atoms with Crippen LogP contribution in [0.25, 0.3) is 0 Å². The molecule has 0 saturated carbocycles. The molecule has 0 aliphatic heterocycles. The number of aliphatic hydroxyl groups excluding tert-OH is 1. The van der Waals surface area contributed by atoms with E-state index >= 15 is 0 Å². The number of aldehydes is 1. The standard InChI is InChI=1S/C10H12O2/c1-7-4-3-5-9(8(7)2)10(12)6-11/h3-6,10,12H,1-2H3. The molecular formula is C10H12O2. The third-order valence-electron chi connectivity index (χ3n) is 2.09. The Bertz CT molecular complexity index is 292. The number of hydrogen-bond donors (Lipinski definition) is 1. The summed E-state index contributed by atoms with van der Waals surface area (Å²) in [5, 5.41) is 9.27. The molecule has 1 rings (SSSR count). The molecule has 0 bridgehead atoms. The van der Waals surface area contributed by atoms with Gasteiger partial charge in [0.1, 0.15) is 6.10 Å². The van der Waals surface area contributed by atoms with Crippen molar-refractivity contribution in [1.82, 2.24) is 0 Å². The first-order valence-electron chi connectivity index (χ1n) is 3.86. The van der Waals surface area contributed by atoms with Gasteiger partial charge in [-0.2, -0.15) is 0 Å². The highest BCUT2D eigenvalue weighted by atomic mass is 16.3. The van der Waals surface area contributed by atoms with Crippen LogP contribution < -0.4 is 0 Å². The fraction of sp³-hybridized carbons (Fsp3) is 0.300. The predicted molar refractivity (Wildman–Crippen MR) is 46.9 cm³/mol. The molecule has 1 aromatic carbocycles. The van der Waals surface area contributed by atoms with Gasteiger partial charge in [-0.1, -0.05) is 18.2 Å². The summed E-state index contributed by atoms with van der Waals surface area (Å²) >= 11 is 0. The number of aliphatic hydroxyl groups is 1. The van der Waals surface area contributed by atoms with Crippen molar-refractivity contribution in [2.24, 2.45) is 0 Å². The van der Waals surface area contributed by atoms with E-state index in [1.807, 2.05) is 26.0 Å². The zero-order valence-electron chi connectivity index (χ0n) is 7.24. The molecule has 0 radical (unpaired) electrons. The summed E-state index contributed by atoms with van der Waals surface area (Å²) in [5.74, 6) is 0. The molecule has 0 amide bonds. The van der Waals surface area contributed by atoms with Gasteiger partial charge in [0, 0.05) is 0 Å². The highest BCUT2D eigenvalue weighted by Crippen LogP contribution is 2.18. The second-order valence-corrected chi connectivity index (χ2v) is 2.87. The molecule has 0 aliphatic carbocycles. The fourth-order valence-electron chi connectivity index (χ4n) is 1.17. The van der Waals surface area contributed by atoms with Crippen LogP contribution in [0.1, 0.15) is 22.8 Å². The Labute approximate surface area is 71.8 Å². The van der Waals surface area contributed by atoms with Gasteiger partial charge in [0.15, 0.2) is 6.29 Å². The number of rotatable bonds is 2. The minimum atomic E-state index is -0.982. The van der Waals surface area contributed by atoms with Crippen molar-refractivity contribution >= 4 is 6.29 Å². The molecule has 2 nitrogen and oxygen atoms in total. The molecular weight excluding hydrogens is 152 g/mol. The number of carbonyl (C=O) groups is 1. The van der Waals surface area contributed by atoms with Gasteiger partial charge in [0.05, 0.1) is 0 Å². The largest absolute Gasteiger partial charge is 0.381 e. The van der Waals surface area contributed by atoms with Crippen LogP contribution in [0, 0.1) is 13.8 Å². The topological polar surface area (TPSA) is 37.3 Å². The lowest BCUT2D eigenvalue weighted by Crippen LogP contribution is -2.01. The van der Waals surface area contributed by atoms with Gasteiger partial charge in [-0.25, -0.2) is 0 Å². The highest BCUT2D eigenvalue weighted by molar-refractivity contribution is 5.61. The number of aryl methyl sites for hydroxylation is 1. The molecule has 12 heavy (non-hydrogen) atoms.